The summed E-state index contributed by atoms with van der Waals surface area (Å²) < 4.78 is 11.2. The summed E-state index contributed by atoms with van der Waals surface area (Å²) in [6.07, 6.45) is 11.1. The molecule has 0 saturated heterocycles. The number of carboxylic acid groups (broad SMARTS) is 1. The highest BCUT2D eigenvalue weighted by Crippen LogP contribution is 2.44. The van der Waals surface area contributed by atoms with Crippen LogP contribution in [0.4, 0.5) is 23.0 Å². The fraction of sp³-hybridized carbons (Fsp3) is 0.349. The molecule has 2 aliphatic carbocycles. The summed E-state index contributed by atoms with van der Waals surface area (Å²) >= 11 is 3.21. The van der Waals surface area contributed by atoms with Crippen LogP contribution < -0.4 is 20.1 Å². The van der Waals surface area contributed by atoms with E-state index in [0.717, 1.165) is 101 Å². The van der Waals surface area contributed by atoms with Crippen molar-refractivity contribution in [3.05, 3.63) is 80.1 Å². The minimum atomic E-state index is -0.725. The zero-order chi connectivity index (χ0) is 41.5. The number of thiophene rings is 2. The number of hydrogen-bond acceptors (Lipinski definition) is 15. The van der Waals surface area contributed by atoms with Gasteiger partial charge in [-0.2, -0.15) is 0 Å². The first-order chi connectivity index (χ1) is 29.2. The molecule has 4 aliphatic rings. The number of methoxy groups -OCH3 is 2. The van der Waals surface area contributed by atoms with E-state index in [1.54, 1.807) is 61.5 Å². The third kappa shape index (κ3) is 7.41. The molecule has 6 heterocycles. The molecule has 2 aliphatic heterocycles. The Hall–Kier alpha value is -6.04. The van der Waals surface area contributed by atoms with Crippen LogP contribution in [0.2, 0.25) is 0 Å². The quantitative estimate of drug-likeness (QED) is 0.117. The van der Waals surface area contributed by atoms with Gasteiger partial charge in [-0.25, -0.2) is 19.9 Å². The SMILES string of the molecule is COc1cc2c(cc1Nc1ncnc3sc4c(c13)CC[C@H](C(=O)N(C)CCO)C4)C=NC2.COc1cc2c(cc1Nc1ncnc3sc4c(c13)CC[C@H](C(=O)O)C4)C=NC2. The van der Waals surface area contributed by atoms with Gasteiger partial charge in [-0.15, -0.1) is 22.7 Å². The molecule has 0 unspecified atom stereocenters. The van der Waals surface area contributed by atoms with Gasteiger partial charge in [0.25, 0.3) is 0 Å². The molecule has 0 saturated carbocycles. The van der Waals surface area contributed by atoms with Gasteiger partial charge in [0.15, 0.2) is 0 Å². The van der Waals surface area contributed by atoms with Gasteiger partial charge in [-0.1, -0.05) is 0 Å². The Balaban J connectivity index is 0.000000155. The van der Waals surface area contributed by atoms with Crippen LogP contribution in [-0.2, 0) is 48.4 Å². The molecule has 2 atom stereocenters. The first-order valence-electron chi connectivity index (χ1n) is 19.8. The number of carbonyl (C=O) groups excluding carboxylic acids is 1. The van der Waals surface area contributed by atoms with Crippen molar-refractivity contribution in [2.45, 2.75) is 51.6 Å². The zero-order valence-electron chi connectivity index (χ0n) is 33.3. The molecule has 60 heavy (non-hydrogen) atoms. The molecule has 10 rings (SSSR count). The topological polar surface area (TPSA) is 197 Å². The number of nitrogens with zero attached hydrogens (tertiary/aromatic N) is 7. The number of aliphatic hydroxyl groups is 1. The standard InChI is InChI=1S/C23H25N5O3S.C20H18N4O3S/c1-28(5-6-29)23(30)13-3-4-16-19(9-13)32-22-20(16)21(25-12-26-22)27-17-7-14-10-24-11-15(14)8-18(17)31-2;1-27-15-5-12-8-21-7-11(12)4-14(15)24-18-17-13-3-2-10(20(25)26)6-16(13)28-19(17)23-9-22-18/h7-8,10,12-13,29H,3-6,9,11H2,1-2H3,(H,25,26,27);4-5,7,9-10H,2-3,6,8H2,1H3,(H,25,26)(H,22,23,24)/t13-;10-/m00/s1. The van der Waals surface area contributed by atoms with Crippen LogP contribution in [-0.4, -0.2) is 93.8 Å². The maximum absolute atomic E-state index is 12.7. The maximum atomic E-state index is 12.7. The first kappa shape index (κ1) is 39.4. The lowest BCUT2D eigenvalue weighted by atomic mass is 9.87. The van der Waals surface area contributed by atoms with E-state index in [4.69, 9.17) is 14.6 Å². The minimum Gasteiger partial charge on any atom is -0.495 e. The summed E-state index contributed by atoms with van der Waals surface area (Å²) in [4.78, 5) is 56.5. The number of ether oxygens (including phenoxy) is 2. The van der Waals surface area contributed by atoms with Crippen molar-refractivity contribution in [3.8, 4) is 11.5 Å². The minimum absolute atomic E-state index is 0.0221. The van der Waals surface area contributed by atoms with E-state index in [2.05, 4.69) is 40.6 Å². The smallest absolute Gasteiger partial charge is 0.306 e. The van der Waals surface area contributed by atoms with Gasteiger partial charge in [0.05, 0.1) is 62.0 Å². The number of hydrogen-bond donors (Lipinski definition) is 4. The van der Waals surface area contributed by atoms with Crippen molar-refractivity contribution in [1.29, 1.82) is 0 Å². The maximum Gasteiger partial charge on any atom is 0.306 e. The van der Waals surface area contributed by atoms with Crippen molar-refractivity contribution in [2.75, 3.05) is 45.1 Å². The highest BCUT2D eigenvalue weighted by atomic mass is 32.1. The molecule has 2 aromatic carbocycles. The Morgan fingerprint density at radius 1 is 0.767 bits per heavy atom. The van der Waals surface area contributed by atoms with Crippen LogP contribution in [0.15, 0.2) is 46.9 Å². The summed E-state index contributed by atoms with van der Waals surface area (Å²) in [6.45, 7) is 1.69. The van der Waals surface area contributed by atoms with E-state index < -0.39 is 5.97 Å². The average molecular weight is 846 g/mol. The van der Waals surface area contributed by atoms with Crippen LogP contribution in [0.25, 0.3) is 20.4 Å². The molecule has 1 amide bonds. The first-order valence-corrected chi connectivity index (χ1v) is 21.4. The van der Waals surface area contributed by atoms with Crippen LogP contribution in [0.1, 0.15) is 56.0 Å². The number of aromatic nitrogens is 4. The fourth-order valence-corrected chi connectivity index (χ4v) is 11.0. The lowest BCUT2D eigenvalue weighted by Crippen LogP contribution is -2.37. The number of aliphatic carboxylic acids is 1. The monoisotopic (exact) mass is 845 g/mol. The molecule has 0 bridgehead atoms. The molecule has 0 spiro atoms. The number of aliphatic imine (C=N–C) groups is 2. The summed E-state index contributed by atoms with van der Waals surface area (Å²) in [6, 6.07) is 8.09. The van der Waals surface area contributed by atoms with E-state index in [1.165, 1.54) is 16.0 Å². The number of fused-ring (bicyclic) bond motifs is 8. The Morgan fingerprint density at radius 2 is 1.27 bits per heavy atom. The molecule has 0 fully saturated rings. The Bertz CT molecular complexity index is 2730. The van der Waals surface area contributed by atoms with E-state index in [0.29, 0.717) is 38.9 Å². The predicted octanol–water partition coefficient (Wildman–Crippen LogP) is 6.50. The lowest BCUT2D eigenvalue weighted by Gasteiger charge is -2.26. The van der Waals surface area contributed by atoms with Gasteiger partial charge >= 0.3 is 5.97 Å². The second kappa shape index (κ2) is 16.5. The van der Waals surface area contributed by atoms with Gasteiger partial charge < -0.3 is 35.2 Å². The Morgan fingerprint density at radius 3 is 1.75 bits per heavy atom. The largest absolute Gasteiger partial charge is 0.495 e. The number of rotatable bonds is 10. The van der Waals surface area contributed by atoms with Crippen molar-refractivity contribution >= 4 is 90.4 Å². The van der Waals surface area contributed by atoms with E-state index in [1.807, 2.05) is 36.7 Å². The molecule has 308 valence electrons. The predicted molar refractivity (Wildman–Crippen MR) is 233 cm³/mol. The van der Waals surface area contributed by atoms with Gasteiger partial charge in [-0.3, -0.25) is 19.6 Å². The average Bonchev–Trinajstić information content (AvgIpc) is 4.07. The number of aliphatic hydroxyl groups excluding tert-OH is 1. The lowest BCUT2D eigenvalue weighted by molar-refractivity contribution is -0.142. The molecule has 4 N–H and O–H groups in total. The summed E-state index contributed by atoms with van der Waals surface area (Å²) in [5, 5.41) is 27.4. The number of likely N-dealkylation sites (N-methyl/N-ethyl adjacent to an activating group) is 1. The van der Waals surface area contributed by atoms with Crippen LogP contribution in [0.3, 0.4) is 0 Å². The molecular formula is C43H43N9O6S2. The van der Waals surface area contributed by atoms with Crippen LogP contribution in [0.5, 0.6) is 11.5 Å². The highest BCUT2D eigenvalue weighted by Gasteiger charge is 2.32. The number of nitrogens with one attached hydrogen (secondary N) is 2. The third-order valence-electron chi connectivity index (χ3n) is 11.6. The van der Waals surface area contributed by atoms with Gasteiger partial charge in [0, 0.05) is 41.7 Å². The fourth-order valence-electron chi connectivity index (χ4n) is 8.47. The van der Waals surface area contributed by atoms with Crippen LogP contribution in [0, 0.1) is 11.8 Å². The normalized spacial score (nSPS) is 17.0. The second-order valence-corrected chi connectivity index (χ2v) is 17.4. The van der Waals surface area contributed by atoms with E-state index in [9.17, 15) is 14.7 Å². The number of amides is 1. The molecule has 15 nitrogen and oxygen atoms in total. The number of anilines is 4. The van der Waals surface area contributed by atoms with Gasteiger partial charge in [0.2, 0.25) is 5.91 Å². The number of carbonyl (C=O) groups is 2. The van der Waals surface area contributed by atoms with Crippen LogP contribution >= 0.6 is 22.7 Å². The number of aryl methyl sites for hydroxylation is 2. The molecule has 17 heteroatoms. The summed E-state index contributed by atoms with van der Waals surface area (Å²) in [5.74, 6) is 1.96. The third-order valence-corrected chi connectivity index (χ3v) is 13.9. The number of benzene rings is 2. The molecule has 0 radical (unpaired) electrons. The van der Waals surface area contributed by atoms with Crippen molar-refractivity contribution < 1.29 is 29.3 Å². The van der Waals surface area contributed by atoms with Crippen molar-refractivity contribution in [1.82, 2.24) is 24.8 Å². The molecule has 6 aromatic rings. The molecule has 4 aromatic heterocycles. The van der Waals surface area contributed by atoms with E-state index in [-0.39, 0.29) is 24.3 Å². The molecular weight excluding hydrogens is 803 g/mol. The van der Waals surface area contributed by atoms with Gasteiger partial charge in [-0.05, 0) is 96.2 Å². The zero-order valence-corrected chi connectivity index (χ0v) is 35.0. The van der Waals surface area contributed by atoms with Gasteiger partial charge in [0.1, 0.15) is 45.5 Å². The van der Waals surface area contributed by atoms with Crippen molar-refractivity contribution in [3.63, 3.8) is 0 Å². The summed E-state index contributed by atoms with van der Waals surface area (Å²) in [5.41, 5.74) is 8.51. The van der Waals surface area contributed by atoms with E-state index >= 15 is 0 Å². The highest BCUT2D eigenvalue weighted by molar-refractivity contribution is 7.19. The Labute approximate surface area is 353 Å². The van der Waals surface area contributed by atoms with Crippen molar-refractivity contribution in [2.24, 2.45) is 21.8 Å². The second-order valence-electron chi connectivity index (χ2n) is 15.2. The number of carboxylic acids is 1. The Kier molecular flexibility index (Phi) is 10.9. The summed E-state index contributed by atoms with van der Waals surface area (Å²) in [7, 11) is 5.06.